The zero-order valence-electron chi connectivity index (χ0n) is 22.2. The van der Waals surface area contributed by atoms with E-state index in [1.165, 1.54) is 11.4 Å². The summed E-state index contributed by atoms with van der Waals surface area (Å²) in [5.41, 5.74) is 2.25. The van der Waals surface area contributed by atoms with Crippen molar-refractivity contribution in [1.29, 1.82) is 0 Å². The first-order valence-corrected chi connectivity index (χ1v) is 12.9. The summed E-state index contributed by atoms with van der Waals surface area (Å²) in [6.07, 6.45) is 2.08. The van der Waals surface area contributed by atoms with Crippen LogP contribution in [0, 0.1) is 0 Å². The average Bonchev–Trinajstić information content (AvgIpc) is 3.08. The van der Waals surface area contributed by atoms with Crippen molar-refractivity contribution in [3.8, 4) is 5.75 Å². The number of benzene rings is 2. The molecule has 0 aliphatic rings. The Hall–Kier alpha value is -3.65. The molecule has 2 heterocycles. The van der Waals surface area contributed by atoms with Gasteiger partial charge < -0.3 is 4.74 Å². The maximum absolute atomic E-state index is 13.3. The van der Waals surface area contributed by atoms with E-state index in [-0.39, 0.29) is 33.0 Å². The Bertz CT molecular complexity index is 1620. The van der Waals surface area contributed by atoms with E-state index >= 15 is 0 Å². The summed E-state index contributed by atoms with van der Waals surface area (Å²) in [6, 6.07) is 13.4. The van der Waals surface area contributed by atoms with Crippen molar-refractivity contribution in [3.05, 3.63) is 95.7 Å². The first-order valence-electron chi connectivity index (χ1n) is 12.1. The fourth-order valence-electron chi connectivity index (χ4n) is 4.09. The summed E-state index contributed by atoms with van der Waals surface area (Å²) >= 11 is 1.13. The minimum Gasteiger partial charge on any atom is -0.426 e. The molecule has 0 fully saturated rings. The van der Waals surface area contributed by atoms with E-state index in [4.69, 9.17) is 4.74 Å². The van der Waals surface area contributed by atoms with E-state index < -0.39 is 5.56 Å². The molecule has 8 heteroatoms. The first-order chi connectivity index (χ1) is 17.2. The lowest BCUT2D eigenvalue weighted by atomic mass is 9.78. The second-order valence-corrected chi connectivity index (χ2v) is 12.2. The smallest absolute Gasteiger partial charge is 0.308 e. The van der Waals surface area contributed by atoms with E-state index in [2.05, 4.69) is 51.6 Å². The van der Waals surface area contributed by atoms with Gasteiger partial charge in [0, 0.05) is 24.5 Å². The standard InChI is InChI=1S/C29H31N3O4S/c1-17(33)36-24-20(28(2,3)4)13-19(14-21(24)29(5,6)7)16-23-26(35)32-27(37-23)30-25(34)22(31-32)15-18-11-9-8-10-12-18/h8-14,16H,15H2,1-7H3. The van der Waals surface area contributed by atoms with Gasteiger partial charge in [0.15, 0.2) is 0 Å². The molecule has 4 rings (SSSR count). The highest BCUT2D eigenvalue weighted by Gasteiger charge is 2.28. The maximum Gasteiger partial charge on any atom is 0.308 e. The quantitative estimate of drug-likeness (QED) is 0.298. The normalized spacial score (nSPS) is 12.8. The third-order valence-electron chi connectivity index (χ3n) is 5.94. The van der Waals surface area contributed by atoms with Crippen molar-refractivity contribution in [2.24, 2.45) is 0 Å². The number of rotatable bonds is 4. The predicted molar refractivity (Wildman–Crippen MR) is 147 cm³/mol. The Morgan fingerprint density at radius 1 is 1.00 bits per heavy atom. The number of esters is 1. The molecule has 2 aromatic heterocycles. The number of hydrogen-bond acceptors (Lipinski definition) is 7. The van der Waals surface area contributed by atoms with Crippen LogP contribution >= 0.6 is 11.3 Å². The van der Waals surface area contributed by atoms with Crippen LogP contribution in [-0.4, -0.2) is 20.6 Å². The van der Waals surface area contributed by atoms with Gasteiger partial charge in [-0.2, -0.15) is 14.6 Å². The number of carbonyl (C=O) groups is 1. The number of hydrogen-bond donors (Lipinski definition) is 0. The fraction of sp³-hybridized carbons (Fsp3) is 0.345. The lowest BCUT2D eigenvalue weighted by Gasteiger charge is -2.29. The van der Waals surface area contributed by atoms with Crippen molar-refractivity contribution in [2.75, 3.05) is 0 Å². The Balaban J connectivity index is 1.90. The second-order valence-electron chi connectivity index (χ2n) is 11.2. The van der Waals surface area contributed by atoms with Crippen molar-refractivity contribution in [3.63, 3.8) is 0 Å². The number of carbonyl (C=O) groups excluding carboxylic acids is 1. The molecule has 7 nitrogen and oxygen atoms in total. The molecular formula is C29H31N3O4S. The van der Waals surface area contributed by atoms with Crippen LogP contribution < -0.4 is 20.4 Å². The van der Waals surface area contributed by atoms with Crippen LogP contribution in [0.1, 0.15) is 76.4 Å². The largest absolute Gasteiger partial charge is 0.426 e. The van der Waals surface area contributed by atoms with E-state index in [1.54, 1.807) is 6.08 Å². The predicted octanol–water partition coefficient (Wildman–Crippen LogP) is 4.17. The van der Waals surface area contributed by atoms with Crippen LogP contribution in [0.4, 0.5) is 0 Å². The fourth-order valence-corrected chi connectivity index (χ4v) is 5.00. The van der Waals surface area contributed by atoms with Crippen LogP contribution in [0.3, 0.4) is 0 Å². The van der Waals surface area contributed by atoms with Crippen molar-refractivity contribution in [1.82, 2.24) is 14.6 Å². The Morgan fingerprint density at radius 2 is 1.59 bits per heavy atom. The highest BCUT2D eigenvalue weighted by atomic mass is 32.1. The van der Waals surface area contributed by atoms with Gasteiger partial charge in [-0.15, -0.1) is 0 Å². The molecular weight excluding hydrogens is 486 g/mol. The lowest BCUT2D eigenvalue weighted by Crippen LogP contribution is -2.28. The van der Waals surface area contributed by atoms with Gasteiger partial charge in [-0.1, -0.05) is 83.2 Å². The summed E-state index contributed by atoms with van der Waals surface area (Å²) < 4.78 is 7.33. The molecule has 0 aliphatic carbocycles. The number of fused-ring (bicyclic) bond motifs is 1. The molecule has 0 amide bonds. The Morgan fingerprint density at radius 3 is 2.14 bits per heavy atom. The molecule has 0 radical (unpaired) electrons. The molecule has 192 valence electrons. The molecule has 0 bridgehead atoms. The van der Waals surface area contributed by atoms with E-state index in [0.29, 0.717) is 16.7 Å². The molecule has 0 aliphatic heterocycles. The molecule has 0 spiro atoms. The van der Waals surface area contributed by atoms with Crippen molar-refractivity contribution < 1.29 is 9.53 Å². The molecule has 0 unspecified atom stereocenters. The monoisotopic (exact) mass is 517 g/mol. The molecule has 0 saturated carbocycles. The third-order valence-corrected chi connectivity index (χ3v) is 6.89. The summed E-state index contributed by atoms with van der Waals surface area (Å²) in [7, 11) is 0. The molecule has 0 saturated heterocycles. The minimum absolute atomic E-state index is 0.223. The van der Waals surface area contributed by atoms with Gasteiger partial charge in [0.05, 0.1) is 4.53 Å². The Labute approximate surface area is 219 Å². The maximum atomic E-state index is 13.3. The molecule has 0 atom stereocenters. The van der Waals surface area contributed by atoms with Crippen LogP contribution in [0.2, 0.25) is 0 Å². The van der Waals surface area contributed by atoms with Crippen molar-refractivity contribution in [2.45, 2.75) is 65.7 Å². The van der Waals surface area contributed by atoms with Gasteiger partial charge in [0.2, 0.25) is 4.96 Å². The van der Waals surface area contributed by atoms with Crippen LogP contribution in [0.15, 0.2) is 52.1 Å². The van der Waals surface area contributed by atoms with Crippen molar-refractivity contribution >= 4 is 28.3 Å². The highest BCUT2D eigenvalue weighted by Crippen LogP contribution is 2.41. The summed E-state index contributed by atoms with van der Waals surface area (Å²) in [4.78, 5) is 42.3. The molecule has 37 heavy (non-hydrogen) atoms. The number of nitrogens with zero attached hydrogens (tertiary/aromatic N) is 3. The molecule has 0 N–H and O–H groups in total. The van der Waals surface area contributed by atoms with E-state index in [1.807, 2.05) is 42.5 Å². The number of aromatic nitrogens is 3. The molecule has 4 aromatic rings. The first kappa shape index (κ1) is 26.4. The van der Waals surface area contributed by atoms with Gasteiger partial charge >= 0.3 is 5.97 Å². The zero-order valence-corrected chi connectivity index (χ0v) is 23.0. The van der Waals surface area contributed by atoms with Crippen LogP contribution in [0.25, 0.3) is 11.0 Å². The zero-order chi connectivity index (χ0) is 27.1. The van der Waals surface area contributed by atoms with Crippen LogP contribution in [0.5, 0.6) is 5.75 Å². The van der Waals surface area contributed by atoms with E-state index in [0.717, 1.165) is 33.6 Å². The van der Waals surface area contributed by atoms with E-state index in [9.17, 15) is 14.4 Å². The minimum atomic E-state index is -0.438. The van der Waals surface area contributed by atoms with Gasteiger partial charge in [0.25, 0.3) is 11.1 Å². The highest BCUT2D eigenvalue weighted by molar-refractivity contribution is 7.15. The Kier molecular flexibility index (Phi) is 6.90. The SMILES string of the molecule is CC(=O)Oc1c(C(C)(C)C)cc(C=c2sc3nc(=O)c(Cc4ccccc4)nn3c2=O)cc1C(C)(C)C. The lowest BCUT2D eigenvalue weighted by molar-refractivity contribution is -0.132. The van der Waals surface area contributed by atoms with Gasteiger partial charge in [0.1, 0.15) is 11.4 Å². The van der Waals surface area contributed by atoms with Gasteiger partial charge in [-0.3, -0.25) is 14.4 Å². The number of thiazole rings is 1. The topological polar surface area (TPSA) is 90.6 Å². The van der Waals surface area contributed by atoms with Gasteiger partial charge in [-0.05, 0) is 40.2 Å². The van der Waals surface area contributed by atoms with Gasteiger partial charge in [-0.25, -0.2) is 0 Å². The second kappa shape index (κ2) is 9.67. The summed E-state index contributed by atoms with van der Waals surface area (Å²) in [6.45, 7) is 13.7. The summed E-state index contributed by atoms with van der Waals surface area (Å²) in [5, 5.41) is 4.35. The third kappa shape index (κ3) is 5.69. The van der Waals surface area contributed by atoms with Crippen LogP contribution in [-0.2, 0) is 22.0 Å². The molecule has 2 aromatic carbocycles. The summed E-state index contributed by atoms with van der Waals surface area (Å²) in [5.74, 6) is 0.176. The average molecular weight is 518 g/mol. The number of ether oxygens (including phenoxy) is 1.